The highest BCUT2D eigenvalue weighted by Crippen LogP contribution is 2.11. The molecule has 1 atom stereocenters. The zero-order valence-electron chi connectivity index (χ0n) is 15.3. The van der Waals surface area contributed by atoms with Crippen molar-refractivity contribution >= 4 is 21.9 Å². The molecule has 24 heavy (non-hydrogen) atoms. The SMILES string of the molecule is CCN(CCNC(=NC)NC1CCS(=O)(=O)C1)C(=O)OC(C)(C)C. The summed E-state index contributed by atoms with van der Waals surface area (Å²) in [7, 11) is -1.30. The van der Waals surface area contributed by atoms with Gasteiger partial charge in [-0.2, -0.15) is 0 Å². The number of ether oxygens (including phenoxy) is 1. The number of rotatable bonds is 5. The molecule has 0 radical (unpaired) electrons. The standard InChI is InChI=1S/C15H30N4O4S/c1-6-19(14(20)23-15(2,3)4)9-8-17-13(16-5)18-12-7-10-24(21,22)11-12/h12H,6-11H2,1-5H3,(H2,16,17,18). The number of amides is 1. The lowest BCUT2D eigenvalue weighted by Gasteiger charge is -2.27. The summed E-state index contributed by atoms with van der Waals surface area (Å²) in [5.74, 6) is 0.883. The van der Waals surface area contributed by atoms with Crippen LogP contribution in [0.3, 0.4) is 0 Å². The van der Waals surface area contributed by atoms with Crippen LogP contribution in [0.15, 0.2) is 4.99 Å². The fraction of sp³-hybridized carbons (Fsp3) is 0.867. The molecule has 1 heterocycles. The van der Waals surface area contributed by atoms with Crippen LogP contribution in [0.4, 0.5) is 4.79 Å². The molecule has 1 aliphatic rings. The van der Waals surface area contributed by atoms with E-state index < -0.39 is 15.4 Å². The summed E-state index contributed by atoms with van der Waals surface area (Å²) in [5.41, 5.74) is -0.524. The van der Waals surface area contributed by atoms with Gasteiger partial charge in [0.1, 0.15) is 5.60 Å². The number of guanidine groups is 1. The second-order valence-corrected chi connectivity index (χ2v) is 9.03. The van der Waals surface area contributed by atoms with Crippen LogP contribution >= 0.6 is 0 Å². The molecule has 140 valence electrons. The van der Waals surface area contributed by atoms with Gasteiger partial charge in [0.15, 0.2) is 15.8 Å². The zero-order valence-corrected chi connectivity index (χ0v) is 16.1. The number of likely N-dealkylation sites (N-methyl/N-ethyl adjacent to an activating group) is 1. The van der Waals surface area contributed by atoms with Crippen LogP contribution in [0.5, 0.6) is 0 Å². The molecular formula is C15H30N4O4S. The van der Waals surface area contributed by atoms with E-state index in [2.05, 4.69) is 15.6 Å². The number of sulfone groups is 1. The summed E-state index contributed by atoms with van der Waals surface area (Å²) in [4.78, 5) is 17.7. The Morgan fingerprint density at radius 2 is 2.04 bits per heavy atom. The molecule has 1 unspecified atom stereocenters. The van der Waals surface area contributed by atoms with Crippen molar-refractivity contribution in [2.45, 2.75) is 45.8 Å². The van der Waals surface area contributed by atoms with E-state index in [-0.39, 0.29) is 23.6 Å². The molecule has 1 amide bonds. The molecule has 8 nitrogen and oxygen atoms in total. The topological polar surface area (TPSA) is 100 Å². The summed E-state index contributed by atoms with van der Waals surface area (Å²) >= 11 is 0. The van der Waals surface area contributed by atoms with Crippen molar-refractivity contribution in [2.75, 3.05) is 38.2 Å². The first kappa shape index (κ1) is 20.5. The molecule has 0 aromatic heterocycles. The monoisotopic (exact) mass is 362 g/mol. The van der Waals surface area contributed by atoms with Crippen LogP contribution in [-0.2, 0) is 14.6 Å². The normalized spacial score (nSPS) is 20.5. The number of hydrogen-bond acceptors (Lipinski definition) is 5. The van der Waals surface area contributed by atoms with Crippen molar-refractivity contribution < 1.29 is 17.9 Å². The van der Waals surface area contributed by atoms with Crippen LogP contribution in [0.2, 0.25) is 0 Å². The molecule has 0 aromatic rings. The first-order valence-electron chi connectivity index (χ1n) is 8.22. The van der Waals surface area contributed by atoms with Gasteiger partial charge in [-0.25, -0.2) is 13.2 Å². The maximum Gasteiger partial charge on any atom is 0.410 e. The Morgan fingerprint density at radius 1 is 1.38 bits per heavy atom. The first-order valence-corrected chi connectivity index (χ1v) is 10.0. The first-order chi connectivity index (χ1) is 11.1. The van der Waals surface area contributed by atoms with Crippen LogP contribution in [0.25, 0.3) is 0 Å². The minimum absolute atomic E-state index is 0.116. The zero-order chi connectivity index (χ0) is 18.4. The van der Waals surface area contributed by atoms with Gasteiger partial charge < -0.3 is 20.3 Å². The van der Waals surface area contributed by atoms with E-state index in [0.717, 1.165) is 0 Å². The second kappa shape index (κ2) is 8.55. The molecule has 0 spiro atoms. The largest absolute Gasteiger partial charge is 0.444 e. The van der Waals surface area contributed by atoms with Gasteiger partial charge in [0.25, 0.3) is 0 Å². The van der Waals surface area contributed by atoms with Gasteiger partial charge >= 0.3 is 6.09 Å². The van der Waals surface area contributed by atoms with Gasteiger partial charge in [-0.05, 0) is 34.1 Å². The van der Waals surface area contributed by atoms with Crippen LogP contribution < -0.4 is 10.6 Å². The lowest BCUT2D eigenvalue weighted by atomic mass is 10.2. The highest BCUT2D eigenvalue weighted by atomic mass is 32.2. The predicted molar refractivity (Wildman–Crippen MR) is 95.0 cm³/mol. The third-order valence-electron chi connectivity index (χ3n) is 3.50. The minimum atomic E-state index is -2.93. The highest BCUT2D eigenvalue weighted by molar-refractivity contribution is 7.91. The molecule has 1 saturated heterocycles. The molecular weight excluding hydrogens is 332 g/mol. The van der Waals surface area contributed by atoms with Crippen molar-refractivity contribution in [1.82, 2.24) is 15.5 Å². The number of nitrogens with one attached hydrogen (secondary N) is 2. The third-order valence-corrected chi connectivity index (χ3v) is 5.27. The van der Waals surface area contributed by atoms with Crippen molar-refractivity contribution in [3.05, 3.63) is 0 Å². The molecule has 1 fully saturated rings. The number of aliphatic imine (C=N–C) groups is 1. The fourth-order valence-corrected chi connectivity index (χ4v) is 3.98. The van der Waals surface area contributed by atoms with Crippen molar-refractivity contribution in [3.63, 3.8) is 0 Å². The summed E-state index contributed by atoms with van der Waals surface area (Å²) in [6.07, 6.45) is 0.235. The average Bonchev–Trinajstić information content (AvgIpc) is 2.79. The maximum atomic E-state index is 12.0. The Morgan fingerprint density at radius 3 is 2.50 bits per heavy atom. The molecule has 1 rings (SSSR count). The molecule has 9 heteroatoms. The molecule has 2 N–H and O–H groups in total. The molecule has 0 aromatic carbocycles. The fourth-order valence-electron chi connectivity index (χ4n) is 2.31. The highest BCUT2D eigenvalue weighted by Gasteiger charge is 2.28. The lowest BCUT2D eigenvalue weighted by Crippen LogP contribution is -2.47. The van der Waals surface area contributed by atoms with Crippen molar-refractivity contribution in [2.24, 2.45) is 4.99 Å². The number of carbonyl (C=O) groups excluding carboxylic acids is 1. The summed E-state index contributed by atoms with van der Waals surface area (Å²) in [6, 6.07) is -0.116. The summed E-state index contributed by atoms with van der Waals surface area (Å²) < 4.78 is 28.3. The smallest absolute Gasteiger partial charge is 0.410 e. The Bertz CT molecular complexity index is 554. The van der Waals surface area contributed by atoms with E-state index >= 15 is 0 Å². The Hall–Kier alpha value is -1.51. The summed E-state index contributed by atoms with van der Waals surface area (Å²) in [6.45, 7) is 8.89. The van der Waals surface area contributed by atoms with Crippen molar-refractivity contribution in [1.29, 1.82) is 0 Å². The second-order valence-electron chi connectivity index (χ2n) is 6.80. The van der Waals surface area contributed by atoms with Gasteiger partial charge in [0.05, 0.1) is 11.5 Å². The van der Waals surface area contributed by atoms with E-state index in [1.54, 1.807) is 11.9 Å². The minimum Gasteiger partial charge on any atom is -0.444 e. The Balaban J connectivity index is 2.41. The molecule has 0 bridgehead atoms. The average molecular weight is 362 g/mol. The van der Waals surface area contributed by atoms with E-state index in [0.29, 0.717) is 32.0 Å². The van der Waals surface area contributed by atoms with E-state index in [1.807, 2.05) is 27.7 Å². The number of hydrogen-bond donors (Lipinski definition) is 2. The Labute approximate surface area is 144 Å². The van der Waals surface area contributed by atoms with Crippen molar-refractivity contribution in [3.8, 4) is 0 Å². The maximum absolute atomic E-state index is 12.0. The van der Waals surface area contributed by atoms with Gasteiger partial charge in [-0.3, -0.25) is 4.99 Å². The van der Waals surface area contributed by atoms with E-state index in [1.165, 1.54) is 0 Å². The van der Waals surface area contributed by atoms with E-state index in [4.69, 9.17) is 4.74 Å². The van der Waals surface area contributed by atoms with Crippen LogP contribution in [0.1, 0.15) is 34.1 Å². The third kappa shape index (κ3) is 7.37. The van der Waals surface area contributed by atoms with Crippen LogP contribution in [-0.4, -0.2) is 75.2 Å². The Kier molecular flexibility index (Phi) is 7.31. The van der Waals surface area contributed by atoms with Gasteiger partial charge in [0.2, 0.25) is 0 Å². The number of nitrogens with zero attached hydrogens (tertiary/aromatic N) is 2. The summed E-state index contributed by atoms with van der Waals surface area (Å²) in [5, 5.41) is 6.21. The lowest BCUT2D eigenvalue weighted by molar-refractivity contribution is 0.0264. The van der Waals surface area contributed by atoms with Gasteiger partial charge in [0, 0.05) is 32.7 Å². The van der Waals surface area contributed by atoms with Gasteiger partial charge in [-0.15, -0.1) is 0 Å². The predicted octanol–water partition coefficient (Wildman–Crippen LogP) is 0.596. The molecule has 1 aliphatic heterocycles. The molecule has 0 aliphatic carbocycles. The van der Waals surface area contributed by atoms with Crippen LogP contribution in [0, 0.1) is 0 Å². The van der Waals surface area contributed by atoms with E-state index in [9.17, 15) is 13.2 Å². The molecule has 0 saturated carbocycles. The quantitative estimate of drug-likeness (QED) is 0.549. The number of carbonyl (C=O) groups is 1. The van der Waals surface area contributed by atoms with Gasteiger partial charge in [-0.1, -0.05) is 0 Å².